The van der Waals surface area contributed by atoms with E-state index < -0.39 is 0 Å². The maximum Gasteiger partial charge on any atom is 0.222 e. The molecule has 3 N–H and O–H groups in total. The number of hydrogen-bond donors (Lipinski definition) is 3. The van der Waals surface area contributed by atoms with Gasteiger partial charge in [0.2, 0.25) is 17.7 Å². The SMILES string of the molecule is O=C1CCCCCCCCCCN(CCCO)C(=O)CCCCCCCCCCN(CCCO)C(=O)CCCCCCCCCCN1CCCO. The quantitative estimate of drug-likeness (QED) is 0.221. The molecule has 1 saturated heterocycles. The third kappa shape index (κ3) is 27.5. The summed E-state index contributed by atoms with van der Waals surface area (Å²) >= 11 is 0. The van der Waals surface area contributed by atoms with E-state index in [1.807, 2.05) is 14.7 Å². The van der Waals surface area contributed by atoms with Gasteiger partial charge in [-0.25, -0.2) is 0 Å². The summed E-state index contributed by atoms with van der Waals surface area (Å²) in [6, 6.07) is 0. The lowest BCUT2D eigenvalue weighted by atomic mass is 10.1. The van der Waals surface area contributed by atoms with Gasteiger partial charge < -0.3 is 30.0 Å². The molecule has 9 nitrogen and oxygen atoms in total. The van der Waals surface area contributed by atoms with E-state index in [-0.39, 0.29) is 37.5 Å². The van der Waals surface area contributed by atoms with E-state index in [0.717, 1.165) is 116 Å². The Bertz CT molecular complexity index is 724. The zero-order chi connectivity index (χ0) is 37.0. The second-order valence-corrected chi connectivity index (χ2v) is 15.1. The topological polar surface area (TPSA) is 122 Å². The molecular formula is C42H81N3O6. The van der Waals surface area contributed by atoms with Crippen molar-refractivity contribution >= 4 is 17.7 Å². The van der Waals surface area contributed by atoms with Gasteiger partial charge in [0.1, 0.15) is 0 Å². The number of aliphatic hydroxyl groups excluding tert-OH is 3. The van der Waals surface area contributed by atoms with Crippen molar-refractivity contribution in [1.82, 2.24) is 14.7 Å². The van der Waals surface area contributed by atoms with Crippen molar-refractivity contribution in [1.29, 1.82) is 0 Å². The summed E-state index contributed by atoms with van der Waals surface area (Å²) in [7, 11) is 0. The van der Waals surface area contributed by atoms with Crippen LogP contribution in [0.1, 0.15) is 193 Å². The molecule has 0 bridgehead atoms. The zero-order valence-corrected chi connectivity index (χ0v) is 33.0. The highest BCUT2D eigenvalue weighted by Gasteiger charge is 2.15. The molecule has 1 heterocycles. The van der Waals surface area contributed by atoms with Crippen LogP contribution in [-0.4, -0.2) is 107 Å². The van der Waals surface area contributed by atoms with E-state index in [0.29, 0.717) is 58.2 Å². The van der Waals surface area contributed by atoms with Crippen LogP contribution >= 0.6 is 0 Å². The first-order chi connectivity index (χ1) is 25.0. The first-order valence-corrected chi connectivity index (χ1v) is 21.7. The van der Waals surface area contributed by atoms with E-state index in [1.165, 1.54) is 57.8 Å². The van der Waals surface area contributed by atoms with Crippen molar-refractivity contribution in [3.63, 3.8) is 0 Å². The summed E-state index contributed by atoms with van der Waals surface area (Å²) in [4.78, 5) is 44.7. The van der Waals surface area contributed by atoms with Crippen molar-refractivity contribution in [2.45, 2.75) is 193 Å². The fourth-order valence-corrected chi connectivity index (χ4v) is 7.26. The first-order valence-electron chi connectivity index (χ1n) is 21.7. The highest BCUT2D eigenvalue weighted by atomic mass is 16.3. The van der Waals surface area contributed by atoms with E-state index in [2.05, 4.69) is 0 Å². The van der Waals surface area contributed by atoms with Gasteiger partial charge in [-0.2, -0.15) is 0 Å². The molecule has 51 heavy (non-hydrogen) atoms. The lowest BCUT2D eigenvalue weighted by Crippen LogP contribution is -2.33. The van der Waals surface area contributed by atoms with Crippen LogP contribution in [0.5, 0.6) is 0 Å². The summed E-state index contributed by atoms with van der Waals surface area (Å²) in [6.45, 7) is 4.66. The Morgan fingerprint density at radius 3 is 0.725 bits per heavy atom. The molecule has 1 rings (SSSR count). The van der Waals surface area contributed by atoms with E-state index in [9.17, 15) is 29.7 Å². The Hall–Kier alpha value is -1.71. The number of aliphatic hydroxyl groups is 3. The fraction of sp³-hybridized carbons (Fsp3) is 0.929. The summed E-state index contributed by atoms with van der Waals surface area (Å²) in [5.74, 6) is 0.698. The molecule has 0 radical (unpaired) electrons. The van der Waals surface area contributed by atoms with Crippen LogP contribution < -0.4 is 0 Å². The van der Waals surface area contributed by atoms with Crippen molar-refractivity contribution in [3.8, 4) is 0 Å². The maximum atomic E-state index is 12.9. The molecule has 0 aromatic heterocycles. The number of rotatable bonds is 9. The third-order valence-electron chi connectivity index (χ3n) is 10.5. The lowest BCUT2D eigenvalue weighted by molar-refractivity contribution is -0.132. The minimum Gasteiger partial charge on any atom is -0.396 e. The number of amides is 3. The normalized spacial score (nSPS) is 20.8. The molecule has 9 heteroatoms. The summed E-state index contributed by atoms with van der Waals surface area (Å²) in [6.07, 6.45) is 30.4. The average molecular weight is 724 g/mol. The van der Waals surface area contributed by atoms with E-state index >= 15 is 0 Å². The number of nitrogens with zero attached hydrogens (tertiary/aromatic N) is 3. The van der Waals surface area contributed by atoms with Crippen LogP contribution in [0.25, 0.3) is 0 Å². The molecule has 0 spiro atoms. The molecule has 3 amide bonds. The van der Waals surface area contributed by atoms with Crippen LogP contribution in [0.4, 0.5) is 0 Å². The number of hydrogen-bond acceptors (Lipinski definition) is 6. The van der Waals surface area contributed by atoms with Gasteiger partial charge in [-0.3, -0.25) is 14.4 Å². The Morgan fingerprint density at radius 1 is 0.314 bits per heavy atom. The van der Waals surface area contributed by atoms with Gasteiger partial charge in [-0.05, 0) is 57.8 Å². The average Bonchev–Trinajstić information content (AvgIpc) is 3.13. The Labute approximate surface area is 313 Å². The molecular weight excluding hydrogens is 642 g/mol. The molecule has 0 aromatic rings. The van der Waals surface area contributed by atoms with Gasteiger partial charge in [0.05, 0.1) is 0 Å². The fourth-order valence-electron chi connectivity index (χ4n) is 7.26. The molecule has 0 saturated carbocycles. The largest absolute Gasteiger partial charge is 0.396 e. The molecule has 1 aliphatic rings. The van der Waals surface area contributed by atoms with Crippen LogP contribution in [0.15, 0.2) is 0 Å². The number of carbonyl (C=O) groups is 3. The van der Waals surface area contributed by atoms with Crippen molar-refractivity contribution in [3.05, 3.63) is 0 Å². The molecule has 1 fully saturated rings. The van der Waals surface area contributed by atoms with Gasteiger partial charge >= 0.3 is 0 Å². The van der Waals surface area contributed by atoms with Gasteiger partial charge in [-0.1, -0.05) is 116 Å². The van der Waals surface area contributed by atoms with Gasteiger partial charge in [0, 0.05) is 78.4 Å². The summed E-state index contributed by atoms with van der Waals surface area (Å²) < 4.78 is 0. The van der Waals surface area contributed by atoms with Crippen molar-refractivity contribution in [2.24, 2.45) is 0 Å². The zero-order valence-electron chi connectivity index (χ0n) is 33.0. The predicted molar refractivity (Wildman–Crippen MR) is 210 cm³/mol. The lowest BCUT2D eigenvalue weighted by Gasteiger charge is -2.23. The van der Waals surface area contributed by atoms with Gasteiger partial charge in [0.25, 0.3) is 0 Å². The van der Waals surface area contributed by atoms with Crippen LogP contribution in [-0.2, 0) is 14.4 Å². The number of carbonyl (C=O) groups excluding carboxylic acids is 3. The van der Waals surface area contributed by atoms with E-state index in [4.69, 9.17) is 0 Å². The molecule has 0 unspecified atom stereocenters. The van der Waals surface area contributed by atoms with Crippen LogP contribution in [0, 0.1) is 0 Å². The molecule has 0 aliphatic carbocycles. The Balaban J connectivity index is 2.57. The van der Waals surface area contributed by atoms with Gasteiger partial charge in [0.15, 0.2) is 0 Å². The first kappa shape index (κ1) is 47.3. The second kappa shape index (κ2) is 35.3. The molecule has 0 aromatic carbocycles. The predicted octanol–water partition coefficient (Wildman–Crippen LogP) is 8.17. The van der Waals surface area contributed by atoms with E-state index in [1.54, 1.807) is 0 Å². The van der Waals surface area contributed by atoms with Crippen molar-refractivity contribution < 1.29 is 29.7 Å². The highest BCUT2D eigenvalue weighted by molar-refractivity contribution is 5.76. The Morgan fingerprint density at radius 2 is 0.510 bits per heavy atom. The summed E-state index contributed by atoms with van der Waals surface area (Å²) in [5.41, 5.74) is 0. The minimum atomic E-state index is 0.118. The molecule has 0 atom stereocenters. The van der Waals surface area contributed by atoms with Crippen LogP contribution in [0.3, 0.4) is 0 Å². The molecule has 300 valence electrons. The monoisotopic (exact) mass is 724 g/mol. The van der Waals surface area contributed by atoms with Crippen LogP contribution in [0.2, 0.25) is 0 Å². The minimum absolute atomic E-state index is 0.118. The smallest absolute Gasteiger partial charge is 0.222 e. The standard InChI is InChI=1S/C42H81N3O6/c46-37-25-34-43-31-22-16-10-4-1-7-13-19-28-40(49)44(35-26-38-47)32-23-17-11-5-2-9-15-21-30-42(51)45(36-27-39-48)33-24-18-12-6-3-8-14-20-29-41(43)50/h46-48H,1-39H2. The highest BCUT2D eigenvalue weighted by Crippen LogP contribution is 2.16. The second-order valence-electron chi connectivity index (χ2n) is 15.1. The maximum absolute atomic E-state index is 12.9. The summed E-state index contributed by atoms with van der Waals surface area (Å²) in [5, 5.41) is 28.0. The molecule has 1 aliphatic heterocycles. The Kier molecular flexibility index (Phi) is 32.8. The third-order valence-corrected chi connectivity index (χ3v) is 10.5. The van der Waals surface area contributed by atoms with Crippen molar-refractivity contribution in [2.75, 3.05) is 59.1 Å². The van der Waals surface area contributed by atoms with Gasteiger partial charge in [-0.15, -0.1) is 0 Å².